The number of thiol groups is 1. The fraction of sp³-hybridized carbons (Fsp3) is 0.484. The molecule has 0 saturated heterocycles. The van der Waals surface area contributed by atoms with Crippen LogP contribution in [0.1, 0.15) is 19.8 Å². The van der Waals surface area contributed by atoms with Crippen molar-refractivity contribution in [2.24, 2.45) is 29.2 Å². The number of hydrogen-bond donors (Lipinski definition) is 6. The van der Waals surface area contributed by atoms with Gasteiger partial charge in [0.25, 0.3) is 0 Å². The van der Waals surface area contributed by atoms with E-state index in [0.717, 1.165) is 35.2 Å². The van der Waals surface area contributed by atoms with Gasteiger partial charge in [0.1, 0.15) is 0 Å². The number of aliphatic carboxylic acids is 1. The van der Waals surface area contributed by atoms with Crippen LogP contribution in [0.5, 0.6) is 0 Å². The molecule has 51 heavy (non-hydrogen) atoms. The van der Waals surface area contributed by atoms with Crippen molar-refractivity contribution in [3.63, 3.8) is 0 Å². The molecule has 0 heterocycles. The van der Waals surface area contributed by atoms with Crippen LogP contribution in [-0.4, -0.2) is 93.3 Å². The molecule has 3 unspecified atom stereocenters. The summed E-state index contributed by atoms with van der Waals surface area (Å²) in [5.41, 5.74) is 9.94. The van der Waals surface area contributed by atoms with E-state index in [0.29, 0.717) is 30.3 Å². The van der Waals surface area contributed by atoms with Crippen molar-refractivity contribution in [2.45, 2.75) is 19.8 Å². The van der Waals surface area contributed by atoms with Crippen LogP contribution in [0.4, 0.5) is 0 Å². The van der Waals surface area contributed by atoms with E-state index in [9.17, 15) is 28.8 Å². The van der Waals surface area contributed by atoms with Gasteiger partial charge in [-0.3, -0.25) is 28.8 Å². The van der Waals surface area contributed by atoms with E-state index in [4.69, 9.17) is 22.4 Å². The zero-order chi connectivity index (χ0) is 37.6. The maximum Gasteiger partial charge on any atom is 0.306 e. The van der Waals surface area contributed by atoms with E-state index in [2.05, 4.69) is 76.4 Å². The Balaban J connectivity index is -0.0000000772. The zero-order valence-electron chi connectivity index (χ0n) is 30.1. The van der Waals surface area contributed by atoms with Crippen LogP contribution < -0.4 is 22.1 Å². The number of carbonyl (C=O) groups excluding carboxylic acids is 5. The SMILES string of the molecule is C=CC(=O)Cl.C=CC(=O)NCCSC[CH2-].C=CC(N)=O.[CH2-]CS.[CH2-]CSCCNC(=O)C(CSC[CH2-])CC(CC(C)C(=O)O)C(N)=O.[Rf].[Rf].[Rf].[Rf]. The number of nitrogens with two attached hydrogens (primary N) is 2. The van der Waals surface area contributed by atoms with Crippen molar-refractivity contribution in [1.29, 1.82) is 0 Å². The summed E-state index contributed by atoms with van der Waals surface area (Å²) in [6.45, 7) is 26.7. The maximum absolute atomic E-state index is 12.4. The van der Waals surface area contributed by atoms with Crippen LogP contribution in [-0.2, 0) is 28.8 Å². The summed E-state index contributed by atoms with van der Waals surface area (Å²) in [4.78, 5) is 64.5. The number of primary amides is 2. The monoisotopic (exact) mass is 1820 g/mol. The molecule has 11 nitrogen and oxygen atoms in total. The summed E-state index contributed by atoms with van der Waals surface area (Å²) in [7, 11) is 0. The molecule has 7 N–H and O–H groups in total. The number of carbonyl (C=O) groups is 6. The predicted molar refractivity (Wildman–Crippen MR) is 206 cm³/mol. The van der Waals surface area contributed by atoms with Gasteiger partial charge in [-0.1, -0.05) is 26.7 Å². The van der Waals surface area contributed by atoms with Crippen molar-refractivity contribution in [3.05, 3.63) is 65.7 Å². The number of hydrogen-bond acceptors (Lipinski definition) is 10. The van der Waals surface area contributed by atoms with E-state index in [-0.39, 0.29) is 30.6 Å². The molecule has 3 atom stereocenters. The number of carboxylic acid groups (broad SMARTS) is 1. The third kappa shape index (κ3) is 59.8. The number of amides is 4. The molecule has 0 aliphatic rings. The Morgan fingerprint density at radius 1 is 0.784 bits per heavy atom. The third-order valence-electron chi connectivity index (χ3n) is 4.79. The van der Waals surface area contributed by atoms with E-state index >= 15 is 0 Å². The Morgan fingerprint density at radius 3 is 1.47 bits per heavy atom. The van der Waals surface area contributed by atoms with Gasteiger partial charge in [-0.15, -0.1) is 23.0 Å². The van der Waals surface area contributed by atoms with Gasteiger partial charge in [-0.05, 0) is 42.7 Å². The summed E-state index contributed by atoms with van der Waals surface area (Å²) in [5.74, 6) is 1.18. The number of allylic oxidation sites excluding steroid dienone is 1. The molecule has 0 aliphatic heterocycles. The quantitative estimate of drug-likeness (QED) is 0.0325. The predicted octanol–water partition coefficient (Wildman–Crippen LogP) is 3.66. The molecule has 0 aliphatic carbocycles. The largest absolute Gasteiger partial charge is 0.481 e. The van der Waals surface area contributed by atoms with Gasteiger partial charge < -0.3 is 54.9 Å². The van der Waals surface area contributed by atoms with Crippen molar-refractivity contribution >= 4 is 94.4 Å². The first-order chi connectivity index (χ1) is 22.1. The first kappa shape index (κ1) is 67.2. The molecule has 4 amide bonds. The smallest absolute Gasteiger partial charge is 0.306 e. The Morgan fingerprint density at radius 2 is 1.18 bits per heavy atom. The van der Waals surface area contributed by atoms with Gasteiger partial charge in [0, 0.05) is 42.2 Å². The summed E-state index contributed by atoms with van der Waals surface area (Å²) < 4.78 is 0. The van der Waals surface area contributed by atoms with Crippen LogP contribution in [0.2, 0.25) is 0 Å². The molecular weight excluding hydrogens is 1770 g/mol. The van der Waals surface area contributed by atoms with Gasteiger partial charge in [0.15, 0.2) is 0 Å². The first-order valence-electron chi connectivity index (χ1n) is 14.0. The Kier molecular flexibility index (Phi) is 66.9. The minimum absolute atomic E-state index is 0. The van der Waals surface area contributed by atoms with Crippen molar-refractivity contribution in [2.75, 3.05) is 53.4 Å². The van der Waals surface area contributed by atoms with Crippen molar-refractivity contribution in [3.8, 4) is 0 Å². The molecule has 0 bridgehead atoms. The number of rotatable bonds is 21. The molecule has 0 aromatic heterocycles. The number of carboxylic acids is 1. The Labute approximate surface area is 305 Å². The minimum Gasteiger partial charge on any atom is -0.481 e. The Bertz CT molecular complexity index is 902. The summed E-state index contributed by atoms with van der Waals surface area (Å²) in [6.07, 6.45) is 3.77. The molecule has 0 fully saturated rings. The van der Waals surface area contributed by atoms with Crippen LogP contribution in [0.3, 0.4) is 0 Å². The molecular formula is C31H53ClN4O7Rf4S4-4. The van der Waals surface area contributed by atoms with E-state index in [1.165, 1.54) is 24.8 Å². The second kappa shape index (κ2) is 50.8. The van der Waals surface area contributed by atoms with Crippen LogP contribution >= 0.6 is 59.5 Å². The molecule has 0 saturated carbocycles. The number of thioether (sulfide) groups is 3. The van der Waals surface area contributed by atoms with Crippen LogP contribution in [0.25, 0.3) is 0 Å². The van der Waals surface area contributed by atoms with Gasteiger partial charge in [0.2, 0.25) is 28.9 Å². The molecule has 0 radical (unpaired) electrons. The fourth-order valence-electron chi connectivity index (χ4n) is 2.59. The normalized spacial score (nSPS) is 10.3. The number of nitrogens with one attached hydrogen (secondary N) is 2. The molecule has 20 heteroatoms. The zero-order valence-corrected chi connectivity index (χ0v) is 59.8. The first-order valence-corrected chi connectivity index (χ1v) is 18.5. The summed E-state index contributed by atoms with van der Waals surface area (Å²) in [6, 6.07) is 0. The molecule has 282 valence electrons. The molecule has 0 aromatic rings. The minimum atomic E-state index is -0.973. The Hall–Kier alpha value is -6.07. The third-order valence-corrected chi connectivity index (χ3v) is 7.44. The fourth-order valence-corrected chi connectivity index (χ4v) is 4.23. The topological polar surface area (TPSA) is 199 Å². The molecule has 0 spiro atoms. The standard InChI is InChI=1S/C16H28N2O4S2.C7H12NOS.C3H3ClO.C3H5NO.C2H5S.4Rf/c1-4-23-7-6-18-15(20)13(10-24-5-2)9-12(14(17)19)8-11(3)16(21)22;1-3-7(9)8-5-6-10-4-2;2*1-2-3(4)5;1-2-3;;;;/h11-13H,1-2,4-10H2,3H3,(H2,17,19)(H,18,20)(H,21,22);3H,1-2,4-6H2,(H,8,9);2H,1H2;2H,1H2,(H2,4,5);3H,1-2H2;;;;/q-2;-1;;;-1;;;;. The van der Waals surface area contributed by atoms with Crippen molar-refractivity contribution in [1.82, 2.24) is 10.6 Å². The van der Waals surface area contributed by atoms with Crippen LogP contribution in [0.15, 0.2) is 38.0 Å². The average molecular weight is 1830 g/mol. The van der Waals surface area contributed by atoms with E-state index < -0.39 is 34.9 Å². The van der Waals surface area contributed by atoms with E-state index in [1.807, 2.05) is 0 Å². The van der Waals surface area contributed by atoms with Gasteiger partial charge in [-0.2, -0.15) is 35.3 Å². The second-order valence-corrected chi connectivity index (χ2v) is 12.9. The second-order valence-electron chi connectivity index (χ2n) is 8.43. The summed E-state index contributed by atoms with van der Waals surface area (Å²) >= 11 is 13.2. The van der Waals surface area contributed by atoms with Gasteiger partial charge >= 0.3 is 5.97 Å². The van der Waals surface area contributed by atoms with Crippen LogP contribution in [0, 0.1) is 45.4 Å². The average Bonchev–Trinajstić information content (AvgIpc) is 3.03. The van der Waals surface area contributed by atoms with Gasteiger partial charge in [-0.25, -0.2) is 12.6 Å². The van der Waals surface area contributed by atoms with Crippen molar-refractivity contribution < 1.29 is 33.9 Å². The molecule has 0 rings (SSSR count). The maximum atomic E-state index is 12.4. The van der Waals surface area contributed by atoms with Gasteiger partial charge in [0.05, 0.1) is 5.92 Å². The summed E-state index contributed by atoms with van der Waals surface area (Å²) in [5, 5.41) is 14.0. The number of halogens is 1. The van der Waals surface area contributed by atoms with E-state index in [1.54, 1.807) is 23.5 Å². The molecule has 0 aromatic carbocycles.